The maximum Gasteiger partial charge on any atom is 0.408 e. The summed E-state index contributed by atoms with van der Waals surface area (Å²) in [5.74, 6) is 1.10. The Balaban J connectivity index is 4.05. The summed E-state index contributed by atoms with van der Waals surface area (Å²) in [6.45, 7) is 5.18. The van der Waals surface area contributed by atoms with Crippen LogP contribution in [0.4, 0.5) is 4.79 Å². The Bertz CT molecular complexity index is 294. The number of carbonyl (C=O) groups is 2. The number of carboxylic acids is 1. The van der Waals surface area contributed by atoms with Crippen molar-refractivity contribution >= 4 is 35.4 Å². The standard InChI is InChI=1S/C12H22ClNO4S/c1-12(2,3)18-11(17)14-9(10(15)16)5-8-19-7-4-6-13/h9H,4-8H2,1-3H3,(H,14,17)(H,15,16). The molecule has 0 aromatic rings. The minimum Gasteiger partial charge on any atom is -0.480 e. The number of carboxylic acid groups (broad SMARTS) is 1. The van der Waals surface area contributed by atoms with Gasteiger partial charge in [-0.25, -0.2) is 9.59 Å². The van der Waals surface area contributed by atoms with E-state index in [-0.39, 0.29) is 0 Å². The molecule has 0 saturated carbocycles. The number of hydrogen-bond acceptors (Lipinski definition) is 4. The first-order valence-electron chi connectivity index (χ1n) is 6.12. The molecule has 0 fully saturated rings. The van der Waals surface area contributed by atoms with Crippen molar-refractivity contribution in [3.05, 3.63) is 0 Å². The van der Waals surface area contributed by atoms with E-state index >= 15 is 0 Å². The molecular weight excluding hydrogens is 290 g/mol. The summed E-state index contributed by atoms with van der Waals surface area (Å²) >= 11 is 7.17. The maximum atomic E-state index is 11.5. The van der Waals surface area contributed by atoms with Crippen LogP contribution in [-0.2, 0) is 9.53 Å². The molecule has 0 saturated heterocycles. The van der Waals surface area contributed by atoms with Crippen LogP contribution in [0.25, 0.3) is 0 Å². The Kier molecular flexibility index (Phi) is 9.01. The van der Waals surface area contributed by atoms with E-state index in [1.165, 1.54) is 0 Å². The van der Waals surface area contributed by atoms with Gasteiger partial charge in [0.15, 0.2) is 0 Å². The first-order chi connectivity index (χ1) is 8.76. The second-order valence-corrected chi connectivity index (χ2v) is 6.58. The second-order valence-electron chi connectivity index (χ2n) is 4.98. The number of aliphatic carboxylic acids is 1. The number of carbonyl (C=O) groups excluding carboxylic acids is 1. The highest BCUT2D eigenvalue weighted by Gasteiger charge is 2.23. The number of alkyl carbamates (subject to hydrolysis) is 1. The van der Waals surface area contributed by atoms with Gasteiger partial charge in [0, 0.05) is 5.88 Å². The SMILES string of the molecule is CC(C)(C)OC(=O)NC(CCSCCCCl)C(=O)O. The Hall–Kier alpha value is -0.620. The van der Waals surface area contributed by atoms with Gasteiger partial charge in [0.05, 0.1) is 0 Å². The lowest BCUT2D eigenvalue weighted by Gasteiger charge is -2.21. The molecule has 1 amide bonds. The van der Waals surface area contributed by atoms with Crippen LogP contribution in [0.2, 0.25) is 0 Å². The molecule has 0 aromatic carbocycles. The lowest BCUT2D eigenvalue weighted by atomic mass is 10.2. The van der Waals surface area contributed by atoms with Crippen molar-refractivity contribution in [3.63, 3.8) is 0 Å². The van der Waals surface area contributed by atoms with Crippen LogP contribution in [0.15, 0.2) is 0 Å². The number of nitrogens with one attached hydrogen (secondary N) is 1. The summed E-state index contributed by atoms with van der Waals surface area (Å²) < 4.78 is 5.03. The predicted octanol–water partition coefficient (Wildman–Crippen LogP) is 2.72. The normalized spacial score (nSPS) is 12.8. The number of rotatable bonds is 8. The highest BCUT2D eigenvalue weighted by atomic mass is 35.5. The average Bonchev–Trinajstić information content (AvgIpc) is 2.24. The smallest absolute Gasteiger partial charge is 0.408 e. The quantitative estimate of drug-likeness (QED) is 0.532. The van der Waals surface area contributed by atoms with E-state index in [1.807, 2.05) is 0 Å². The van der Waals surface area contributed by atoms with E-state index in [0.29, 0.717) is 18.1 Å². The molecule has 0 rings (SSSR count). The number of amides is 1. The molecule has 0 heterocycles. The van der Waals surface area contributed by atoms with Crippen LogP contribution in [0.3, 0.4) is 0 Å². The van der Waals surface area contributed by atoms with Gasteiger partial charge in [-0.1, -0.05) is 0 Å². The third kappa shape index (κ3) is 10.9. The van der Waals surface area contributed by atoms with Crippen LogP contribution in [0, 0.1) is 0 Å². The maximum absolute atomic E-state index is 11.5. The van der Waals surface area contributed by atoms with Crippen molar-refractivity contribution in [2.45, 2.75) is 45.3 Å². The van der Waals surface area contributed by atoms with E-state index < -0.39 is 23.7 Å². The minimum atomic E-state index is -1.05. The number of alkyl halides is 1. The summed E-state index contributed by atoms with van der Waals surface area (Å²) in [5, 5.41) is 11.4. The van der Waals surface area contributed by atoms with Crippen LogP contribution in [0.1, 0.15) is 33.6 Å². The van der Waals surface area contributed by atoms with Gasteiger partial charge in [-0.05, 0) is 45.1 Å². The van der Waals surface area contributed by atoms with Crippen molar-refractivity contribution < 1.29 is 19.4 Å². The molecule has 0 spiro atoms. The van der Waals surface area contributed by atoms with E-state index in [1.54, 1.807) is 32.5 Å². The third-order valence-corrected chi connectivity index (χ3v) is 3.33. The molecule has 0 bridgehead atoms. The van der Waals surface area contributed by atoms with Gasteiger partial charge in [-0.15, -0.1) is 11.6 Å². The molecule has 2 N–H and O–H groups in total. The lowest BCUT2D eigenvalue weighted by Crippen LogP contribution is -2.43. The predicted molar refractivity (Wildman–Crippen MR) is 78.1 cm³/mol. The largest absolute Gasteiger partial charge is 0.480 e. The van der Waals surface area contributed by atoms with Crippen molar-refractivity contribution in [2.24, 2.45) is 0 Å². The van der Waals surface area contributed by atoms with Gasteiger partial charge in [0.25, 0.3) is 0 Å². The van der Waals surface area contributed by atoms with Gasteiger partial charge in [0.2, 0.25) is 0 Å². The molecule has 0 aromatic heterocycles. The Labute approximate surface area is 123 Å². The van der Waals surface area contributed by atoms with Gasteiger partial charge >= 0.3 is 12.1 Å². The molecule has 0 aliphatic carbocycles. The topological polar surface area (TPSA) is 75.6 Å². The summed E-state index contributed by atoms with van der Waals surface area (Å²) in [6.07, 6.45) is 0.552. The average molecular weight is 312 g/mol. The fourth-order valence-corrected chi connectivity index (χ4v) is 2.41. The minimum absolute atomic E-state index is 0.363. The summed E-state index contributed by atoms with van der Waals surface area (Å²) in [6, 6.07) is -0.918. The van der Waals surface area contributed by atoms with E-state index in [9.17, 15) is 9.59 Å². The monoisotopic (exact) mass is 311 g/mol. The molecule has 1 atom stereocenters. The van der Waals surface area contributed by atoms with Crippen LogP contribution in [-0.4, -0.2) is 46.2 Å². The fourth-order valence-electron chi connectivity index (χ4n) is 1.17. The molecule has 0 aliphatic heterocycles. The van der Waals surface area contributed by atoms with Gasteiger partial charge in [0.1, 0.15) is 11.6 Å². The van der Waals surface area contributed by atoms with Crippen molar-refractivity contribution in [3.8, 4) is 0 Å². The number of thioether (sulfide) groups is 1. The number of halogens is 1. The van der Waals surface area contributed by atoms with E-state index in [0.717, 1.165) is 12.2 Å². The fraction of sp³-hybridized carbons (Fsp3) is 0.833. The molecule has 0 radical (unpaired) electrons. The lowest BCUT2D eigenvalue weighted by molar-refractivity contribution is -0.139. The summed E-state index contributed by atoms with van der Waals surface area (Å²) in [4.78, 5) is 22.5. The Morgan fingerprint density at radius 3 is 2.47 bits per heavy atom. The first kappa shape index (κ1) is 18.4. The van der Waals surface area contributed by atoms with Crippen LogP contribution < -0.4 is 5.32 Å². The number of hydrogen-bond donors (Lipinski definition) is 2. The molecule has 5 nitrogen and oxygen atoms in total. The second kappa shape index (κ2) is 9.31. The molecule has 19 heavy (non-hydrogen) atoms. The van der Waals surface area contributed by atoms with Gasteiger partial charge < -0.3 is 15.2 Å². The zero-order chi connectivity index (χ0) is 14.9. The first-order valence-corrected chi connectivity index (χ1v) is 7.81. The molecule has 7 heteroatoms. The molecule has 0 aliphatic rings. The Morgan fingerprint density at radius 2 is 2.00 bits per heavy atom. The van der Waals surface area contributed by atoms with Crippen molar-refractivity contribution in [2.75, 3.05) is 17.4 Å². The van der Waals surface area contributed by atoms with E-state index in [4.69, 9.17) is 21.4 Å². The van der Waals surface area contributed by atoms with E-state index in [2.05, 4.69) is 5.32 Å². The van der Waals surface area contributed by atoms with Crippen LogP contribution >= 0.6 is 23.4 Å². The number of ether oxygens (including phenoxy) is 1. The Morgan fingerprint density at radius 1 is 1.37 bits per heavy atom. The van der Waals surface area contributed by atoms with Crippen molar-refractivity contribution in [1.82, 2.24) is 5.32 Å². The molecule has 1 unspecified atom stereocenters. The van der Waals surface area contributed by atoms with Gasteiger partial charge in [-0.2, -0.15) is 11.8 Å². The summed E-state index contributed by atoms with van der Waals surface area (Å²) in [5.41, 5.74) is -0.637. The third-order valence-electron chi connectivity index (χ3n) is 1.96. The zero-order valence-electron chi connectivity index (χ0n) is 11.6. The zero-order valence-corrected chi connectivity index (χ0v) is 13.1. The summed E-state index contributed by atoms with van der Waals surface area (Å²) in [7, 11) is 0. The highest BCUT2D eigenvalue weighted by molar-refractivity contribution is 7.99. The van der Waals surface area contributed by atoms with Gasteiger partial charge in [-0.3, -0.25) is 0 Å². The molecule has 112 valence electrons. The van der Waals surface area contributed by atoms with Crippen LogP contribution in [0.5, 0.6) is 0 Å². The van der Waals surface area contributed by atoms with Crippen molar-refractivity contribution in [1.29, 1.82) is 0 Å². The molecular formula is C12H22ClNO4S. The highest BCUT2D eigenvalue weighted by Crippen LogP contribution is 2.10.